The molecule has 0 aromatic carbocycles. The zero-order valence-corrected chi connectivity index (χ0v) is 15.0. The Kier molecular flexibility index (Phi) is 8.86. The molecule has 0 aliphatic heterocycles. The lowest BCUT2D eigenvalue weighted by Gasteiger charge is -2.16. The molecule has 2 rings (SSSR count). The quantitative estimate of drug-likeness (QED) is 0.190. The largest absolute Gasteiger partial charge is 0.370 e. The predicted octanol–water partition coefficient (Wildman–Crippen LogP) is 1.38. The Labute approximate surface area is 147 Å². The van der Waals surface area contributed by atoms with Crippen LogP contribution in [0.15, 0.2) is 17.3 Å². The molecule has 0 radical (unpaired) electrons. The Morgan fingerprint density at radius 1 is 1.36 bits per heavy atom. The van der Waals surface area contributed by atoms with Crippen LogP contribution < -0.4 is 16.4 Å². The summed E-state index contributed by atoms with van der Waals surface area (Å²) in [6.45, 7) is 0.913. The zero-order valence-electron chi connectivity index (χ0n) is 12.7. The number of halogens is 1. The number of aromatic nitrogens is 2. The standard InChI is InChI=1S/C14H24N6O.HI/c15-14(19-11-5-3-1-2-4-6-11)17-10-9-16-13(21)12-7-8-18-20-12;/h7-8,11H,1-6,9-10H2,(H,16,21)(H,18,20)(H3,15,17,19);1H. The molecule has 1 amide bonds. The highest BCUT2D eigenvalue weighted by Gasteiger charge is 2.12. The van der Waals surface area contributed by atoms with Crippen molar-refractivity contribution in [2.75, 3.05) is 13.1 Å². The van der Waals surface area contributed by atoms with E-state index in [-0.39, 0.29) is 29.9 Å². The first-order valence-corrected chi connectivity index (χ1v) is 7.60. The maximum atomic E-state index is 11.6. The summed E-state index contributed by atoms with van der Waals surface area (Å²) < 4.78 is 0. The molecule has 0 spiro atoms. The van der Waals surface area contributed by atoms with Crippen LogP contribution in [-0.4, -0.2) is 41.2 Å². The summed E-state index contributed by atoms with van der Waals surface area (Å²) in [5.74, 6) is 0.288. The molecule has 1 aromatic rings. The highest BCUT2D eigenvalue weighted by molar-refractivity contribution is 14.0. The fourth-order valence-corrected chi connectivity index (χ4v) is 2.50. The normalized spacial score (nSPS) is 16.5. The minimum absolute atomic E-state index is 0. The van der Waals surface area contributed by atoms with Crippen molar-refractivity contribution >= 4 is 35.8 Å². The van der Waals surface area contributed by atoms with Crippen LogP contribution in [0.2, 0.25) is 0 Å². The number of carbonyl (C=O) groups excluding carboxylic acids is 1. The summed E-state index contributed by atoms with van der Waals surface area (Å²) in [6, 6.07) is 2.07. The van der Waals surface area contributed by atoms with E-state index in [1.165, 1.54) is 25.7 Å². The molecule has 1 fully saturated rings. The number of carbonyl (C=O) groups is 1. The van der Waals surface area contributed by atoms with Gasteiger partial charge >= 0.3 is 0 Å². The van der Waals surface area contributed by atoms with Gasteiger partial charge in [0.15, 0.2) is 5.96 Å². The van der Waals surface area contributed by atoms with Gasteiger partial charge < -0.3 is 16.4 Å². The van der Waals surface area contributed by atoms with E-state index in [9.17, 15) is 4.79 Å². The van der Waals surface area contributed by atoms with E-state index in [4.69, 9.17) is 5.73 Å². The second-order valence-electron chi connectivity index (χ2n) is 5.33. The molecule has 0 saturated heterocycles. The zero-order chi connectivity index (χ0) is 14.9. The van der Waals surface area contributed by atoms with Crippen LogP contribution in [0.1, 0.15) is 49.0 Å². The number of H-pyrrole nitrogens is 1. The third kappa shape index (κ3) is 6.63. The monoisotopic (exact) mass is 420 g/mol. The van der Waals surface area contributed by atoms with E-state index in [1.807, 2.05) is 0 Å². The van der Waals surface area contributed by atoms with Crippen LogP contribution in [0, 0.1) is 0 Å². The molecule has 22 heavy (non-hydrogen) atoms. The summed E-state index contributed by atoms with van der Waals surface area (Å²) in [5, 5.41) is 12.4. The van der Waals surface area contributed by atoms with E-state index >= 15 is 0 Å². The molecule has 1 heterocycles. The van der Waals surface area contributed by atoms with Gasteiger partial charge in [0.2, 0.25) is 0 Å². The van der Waals surface area contributed by atoms with Crippen molar-refractivity contribution in [3.8, 4) is 0 Å². The van der Waals surface area contributed by atoms with Gasteiger partial charge in [0.05, 0.1) is 6.54 Å². The Balaban J connectivity index is 0.00000242. The van der Waals surface area contributed by atoms with Gasteiger partial charge in [-0.15, -0.1) is 24.0 Å². The number of hydrogen-bond acceptors (Lipinski definition) is 3. The second kappa shape index (κ2) is 10.4. The van der Waals surface area contributed by atoms with Crippen molar-refractivity contribution in [1.29, 1.82) is 0 Å². The van der Waals surface area contributed by atoms with Crippen molar-refractivity contribution in [3.05, 3.63) is 18.0 Å². The van der Waals surface area contributed by atoms with Gasteiger partial charge in [0.25, 0.3) is 5.91 Å². The molecule has 1 saturated carbocycles. The number of aromatic amines is 1. The van der Waals surface area contributed by atoms with E-state index < -0.39 is 0 Å². The molecule has 8 heteroatoms. The maximum absolute atomic E-state index is 11.6. The van der Waals surface area contributed by atoms with Gasteiger partial charge in [-0.05, 0) is 18.9 Å². The van der Waals surface area contributed by atoms with Gasteiger partial charge in [0, 0.05) is 18.8 Å². The molecule has 5 N–H and O–H groups in total. The maximum Gasteiger partial charge on any atom is 0.269 e. The number of nitrogens with one attached hydrogen (secondary N) is 3. The number of nitrogens with zero attached hydrogens (tertiary/aromatic N) is 2. The SMILES string of the molecule is I.NC(=NCCNC(=O)c1ccn[nH]1)NC1CCCCCC1. The van der Waals surface area contributed by atoms with Crippen molar-refractivity contribution in [3.63, 3.8) is 0 Å². The molecular weight excluding hydrogens is 395 g/mol. The van der Waals surface area contributed by atoms with Crippen LogP contribution in [0.25, 0.3) is 0 Å². The molecule has 0 atom stereocenters. The number of rotatable bonds is 5. The van der Waals surface area contributed by atoms with Crippen LogP contribution in [0.3, 0.4) is 0 Å². The van der Waals surface area contributed by atoms with Gasteiger partial charge in [-0.3, -0.25) is 14.9 Å². The fraction of sp³-hybridized carbons (Fsp3) is 0.643. The predicted molar refractivity (Wildman–Crippen MR) is 97.5 cm³/mol. The van der Waals surface area contributed by atoms with E-state index in [1.54, 1.807) is 12.3 Å². The summed E-state index contributed by atoms with van der Waals surface area (Å²) in [5.41, 5.74) is 6.32. The molecule has 0 unspecified atom stereocenters. The average molecular weight is 420 g/mol. The Morgan fingerprint density at radius 2 is 2.09 bits per heavy atom. The minimum atomic E-state index is -0.182. The van der Waals surface area contributed by atoms with Crippen LogP contribution >= 0.6 is 24.0 Å². The Hall–Kier alpha value is -1.32. The lowest BCUT2D eigenvalue weighted by molar-refractivity contribution is 0.0950. The van der Waals surface area contributed by atoms with Crippen LogP contribution in [-0.2, 0) is 0 Å². The van der Waals surface area contributed by atoms with Crippen LogP contribution in [0.4, 0.5) is 0 Å². The number of guanidine groups is 1. The Bertz CT molecular complexity index is 454. The van der Waals surface area contributed by atoms with E-state index in [0.717, 1.165) is 12.8 Å². The fourth-order valence-electron chi connectivity index (χ4n) is 2.50. The van der Waals surface area contributed by atoms with E-state index in [0.29, 0.717) is 30.8 Å². The summed E-state index contributed by atoms with van der Waals surface area (Å²) in [7, 11) is 0. The van der Waals surface area contributed by atoms with E-state index in [2.05, 4.69) is 25.8 Å². The third-order valence-corrected chi connectivity index (χ3v) is 3.63. The van der Waals surface area contributed by atoms with Crippen molar-refractivity contribution in [2.24, 2.45) is 10.7 Å². The lowest BCUT2D eigenvalue weighted by atomic mass is 10.1. The summed E-state index contributed by atoms with van der Waals surface area (Å²) in [6.07, 6.45) is 9.00. The first-order chi connectivity index (χ1) is 10.3. The van der Waals surface area contributed by atoms with Gasteiger partial charge in [0.1, 0.15) is 5.69 Å². The highest BCUT2D eigenvalue weighted by atomic mass is 127. The second-order valence-corrected chi connectivity index (χ2v) is 5.33. The van der Waals surface area contributed by atoms with Crippen LogP contribution in [0.5, 0.6) is 0 Å². The number of nitrogens with two attached hydrogens (primary N) is 1. The number of amides is 1. The molecule has 7 nitrogen and oxygen atoms in total. The first-order valence-electron chi connectivity index (χ1n) is 7.60. The van der Waals surface area contributed by atoms with Gasteiger partial charge in [-0.2, -0.15) is 5.10 Å². The van der Waals surface area contributed by atoms with Gasteiger partial charge in [-0.1, -0.05) is 25.7 Å². The molecule has 1 aliphatic carbocycles. The number of hydrogen-bond donors (Lipinski definition) is 4. The molecule has 1 aliphatic rings. The average Bonchev–Trinajstić information content (AvgIpc) is 2.90. The minimum Gasteiger partial charge on any atom is -0.370 e. The molecular formula is C14H25IN6O. The highest BCUT2D eigenvalue weighted by Crippen LogP contribution is 2.16. The van der Waals surface area contributed by atoms with Crippen molar-refractivity contribution < 1.29 is 4.79 Å². The summed E-state index contributed by atoms with van der Waals surface area (Å²) in [4.78, 5) is 15.9. The topological polar surface area (TPSA) is 108 Å². The molecule has 0 bridgehead atoms. The van der Waals surface area contributed by atoms with Crippen molar-refractivity contribution in [2.45, 2.75) is 44.6 Å². The number of aliphatic imine (C=N–C) groups is 1. The Morgan fingerprint density at radius 3 is 2.73 bits per heavy atom. The van der Waals surface area contributed by atoms with Crippen molar-refractivity contribution in [1.82, 2.24) is 20.8 Å². The third-order valence-electron chi connectivity index (χ3n) is 3.63. The van der Waals surface area contributed by atoms with Gasteiger partial charge in [-0.25, -0.2) is 0 Å². The molecule has 124 valence electrons. The molecule has 1 aromatic heterocycles. The summed E-state index contributed by atoms with van der Waals surface area (Å²) >= 11 is 0. The first kappa shape index (κ1) is 18.7. The smallest absolute Gasteiger partial charge is 0.269 e. The lowest BCUT2D eigenvalue weighted by Crippen LogP contribution is -2.40.